The molecule has 0 amide bonds. The van der Waals surface area contributed by atoms with Crippen molar-refractivity contribution in [3.8, 4) is 0 Å². The van der Waals surface area contributed by atoms with Crippen molar-refractivity contribution in [3.05, 3.63) is 0 Å². The average molecular weight is 292 g/mol. The zero-order valence-electron chi connectivity index (χ0n) is 14.0. The Kier molecular flexibility index (Phi) is 3.09. The first-order valence-electron chi connectivity index (χ1n) is 9.19. The molecule has 0 radical (unpaired) electrons. The number of hydrogen-bond acceptors (Lipinski definition) is 2. The van der Waals surface area contributed by atoms with E-state index < -0.39 is 5.60 Å². The minimum atomic E-state index is -0.441. The molecular formula is C19H32O2. The van der Waals surface area contributed by atoms with Gasteiger partial charge in [0.15, 0.2) is 0 Å². The van der Waals surface area contributed by atoms with E-state index in [1.54, 1.807) is 0 Å². The van der Waals surface area contributed by atoms with Gasteiger partial charge in [-0.05, 0) is 86.4 Å². The Morgan fingerprint density at radius 3 is 2.48 bits per heavy atom. The zero-order chi connectivity index (χ0) is 14.9. The normalized spacial score (nSPS) is 60.0. The van der Waals surface area contributed by atoms with Gasteiger partial charge in [-0.15, -0.1) is 0 Å². The Hall–Kier alpha value is -0.0800. The summed E-state index contributed by atoms with van der Waals surface area (Å²) >= 11 is 0. The summed E-state index contributed by atoms with van der Waals surface area (Å²) in [4.78, 5) is 0. The average Bonchev–Trinajstić information content (AvgIpc) is 2.69. The molecule has 3 aliphatic carbocycles. The van der Waals surface area contributed by atoms with Crippen LogP contribution in [0.3, 0.4) is 0 Å². The molecule has 2 nitrogen and oxygen atoms in total. The van der Waals surface area contributed by atoms with Gasteiger partial charge in [0, 0.05) is 6.61 Å². The Bertz CT molecular complexity index is 431. The van der Waals surface area contributed by atoms with Crippen LogP contribution in [0.15, 0.2) is 0 Å². The van der Waals surface area contributed by atoms with E-state index in [4.69, 9.17) is 4.74 Å². The van der Waals surface area contributed by atoms with Gasteiger partial charge >= 0.3 is 0 Å². The van der Waals surface area contributed by atoms with Gasteiger partial charge in [-0.2, -0.15) is 0 Å². The highest BCUT2D eigenvalue weighted by atomic mass is 16.5. The van der Waals surface area contributed by atoms with E-state index in [-0.39, 0.29) is 5.41 Å². The van der Waals surface area contributed by atoms with Gasteiger partial charge in [-0.1, -0.05) is 13.8 Å². The number of rotatable bonds is 0. The van der Waals surface area contributed by atoms with Gasteiger partial charge < -0.3 is 9.84 Å². The van der Waals surface area contributed by atoms with Crippen LogP contribution in [-0.2, 0) is 4.74 Å². The zero-order valence-corrected chi connectivity index (χ0v) is 14.0. The quantitative estimate of drug-likeness (QED) is 0.731. The van der Waals surface area contributed by atoms with Crippen LogP contribution >= 0.6 is 0 Å². The molecular weight excluding hydrogens is 260 g/mol. The van der Waals surface area contributed by atoms with Gasteiger partial charge in [0.25, 0.3) is 0 Å². The first-order valence-corrected chi connectivity index (χ1v) is 9.19. The molecule has 2 heteroatoms. The lowest BCUT2D eigenvalue weighted by atomic mass is 9.46. The topological polar surface area (TPSA) is 29.5 Å². The van der Waals surface area contributed by atoms with Crippen molar-refractivity contribution >= 4 is 0 Å². The molecule has 4 aliphatic rings. The van der Waals surface area contributed by atoms with Crippen LogP contribution in [0.4, 0.5) is 0 Å². The summed E-state index contributed by atoms with van der Waals surface area (Å²) < 4.78 is 5.92. The number of hydrogen-bond donors (Lipinski definition) is 1. The van der Waals surface area contributed by atoms with E-state index >= 15 is 0 Å². The van der Waals surface area contributed by atoms with E-state index in [1.807, 2.05) is 0 Å². The Morgan fingerprint density at radius 2 is 1.67 bits per heavy atom. The predicted octanol–water partition coefficient (Wildman–Crippen LogP) is 4.02. The molecule has 21 heavy (non-hydrogen) atoms. The Balaban J connectivity index is 1.66. The fraction of sp³-hybridized carbons (Fsp3) is 1.00. The molecule has 0 bridgehead atoms. The number of fused-ring (bicyclic) bond motifs is 5. The summed E-state index contributed by atoms with van der Waals surface area (Å²) in [6.45, 7) is 8.96. The molecule has 1 heterocycles. The minimum absolute atomic E-state index is 0.160. The molecule has 0 aromatic heterocycles. The van der Waals surface area contributed by atoms with Crippen LogP contribution in [0.1, 0.15) is 65.7 Å². The second kappa shape index (κ2) is 4.47. The van der Waals surface area contributed by atoms with Crippen LogP contribution < -0.4 is 0 Å². The Labute approximate surface area is 129 Å². The van der Waals surface area contributed by atoms with Crippen molar-refractivity contribution in [1.29, 1.82) is 0 Å². The summed E-state index contributed by atoms with van der Waals surface area (Å²) in [5.74, 6) is 3.30. The van der Waals surface area contributed by atoms with Gasteiger partial charge in [0.1, 0.15) is 0 Å². The van der Waals surface area contributed by atoms with Crippen molar-refractivity contribution in [1.82, 2.24) is 0 Å². The minimum Gasteiger partial charge on any atom is -0.390 e. The largest absolute Gasteiger partial charge is 0.390 e. The van der Waals surface area contributed by atoms with E-state index in [9.17, 15) is 5.11 Å². The highest BCUT2D eigenvalue weighted by Gasteiger charge is 2.63. The molecule has 4 fully saturated rings. The number of aliphatic hydroxyl groups is 1. The fourth-order valence-electron chi connectivity index (χ4n) is 7.00. The lowest BCUT2D eigenvalue weighted by Gasteiger charge is -2.60. The summed E-state index contributed by atoms with van der Waals surface area (Å²) in [6, 6.07) is 0. The smallest absolute Gasteiger partial charge is 0.0675 e. The molecule has 0 aromatic carbocycles. The standard InChI is InChI=1S/C19H32O2/c1-17-12-21-11-8-13(17)4-5-14-15(17)6-9-18(2)16(14)7-10-19(18,3)20/h13-16,20H,4-12H2,1-3H3/t13?,14?,15?,16?,17-,18-,19-/m0/s1. The Morgan fingerprint density at radius 1 is 0.905 bits per heavy atom. The maximum atomic E-state index is 10.9. The first kappa shape index (κ1) is 14.5. The first-order chi connectivity index (χ1) is 9.88. The monoisotopic (exact) mass is 292 g/mol. The van der Waals surface area contributed by atoms with Crippen LogP contribution in [0, 0.1) is 34.5 Å². The summed E-state index contributed by atoms with van der Waals surface area (Å²) in [7, 11) is 0. The molecule has 1 N–H and O–H groups in total. The van der Waals surface area contributed by atoms with Gasteiger partial charge in [-0.25, -0.2) is 0 Å². The van der Waals surface area contributed by atoms with Crippen molar-refractivity contribution in [2.24, 2.45) is 34.5 Å². The molecule has 0 spiro atoms. The third kappa shape index (κ3) is 1.78. The van der Waals surface area contributed by atoms with E-state index in [1.165, 1.54) is 38.5 Å². The molecule has 1 aliphatic heterocycles. The summed E-state index contributed by atoms with van der Waals surface area (Å²) in [5, 5.41) is 10.9. The lowest BCUT2D eigenvalue weighted by molar-refractivity contribution is -0.171. The van der Waals surface area contributed by atoms with E-state index in [2.05, 4.69) is 20.8 Å². The van der Waals surface area contributed by atoms with E-state index in [0.717, 1.165) is 43.3 Å². The SMILES string of the molecule is C[C@]12COCCC1CCC1C2CC[C@@]2(C)C1CC[C@]2(C)O. The molecule has 3 saturated carbocycles. The van der Waals surface area contributed by atoms with Crippen molar-refractivity contribution < 1.29 is 9.84 Å². The van der Waals surface area contributed by atoms with Gasteiger partial charge in [0.2, 0.25) is 0 Å². The predicted molar refractivity (Wildman–Crippen MR) is 83.9 cm³/mol. The highest BCUT2D eigenvalue weighted by molar-refractivity contribution is 5.12. The van der Waals surface area contributed by atoms with Gasteiger partial charge in [-0.3, -0.25) is 0 Å². The van der Waals surface area contributed by atoms with E-state index in [0.29, 0.717) is 5.41 Å². The summed E-state index contributed by atoms with van der Waals surface area (Å²) in [5.41, 5.74) is 0.132. The molecule has 4 unspecified atom stereocenters. The molecule has 7 atom stereocenters. The summed E-state index contributed by atoms with van der Waals surface area (Å²) in [6.07, 6.45) is 8.86. The van der Waals surface area contributed by atoms with Crippen molar-refractivity contribution in [2.75, 3.05) is 13.2 Å². The second-order valence-electron chi connectivity index (χ2n) is 9.27. The molecule has 1 saturated heterocycles. The highest BCUT2D eigenvalue weighted by Crippen LogP contribution is 2.66. The fourth-order valence-corrected chi connectivity index (χ4v) is 7.00. The van der Waals surface area contributed by atoms with Crippen LogP contribution in [0.2, 0.25) is 0 Å². The third-order valence-corrected chi connectivity index (χ3v) is 8.65. The van der Waals surface area contributed by atoms with Crippen molar-refractivity contribution in [3.63, 3.8) is 0 Å². The maximum Gasteiger partial charge on any atom is 0.0675 e. The molecule has 120 valence electrons. The van der Waals surface area contributed by atoms with Crippen LogP contribution in [0.5, 0.6) is 0 Å². The number of ether oxygens (including phenoxy) is 1. The molecule has 0 aromatic rings. The van der Waals surface area contributed by atoms with Crippen LogP contribution in [0.25, 0.3) is 0 Å². The van der Waals surface area contributed by atoms with Crippen molar-refractivity contribution in [2.45, 2.75) is 71.3 Å². The maximum absolute atomic E-state index is 10.9. The third-order valence-electron chi connectivity index (χ3n) is 8.65. The van der Waals surface area contributed by atoms with Crippen LogP contribution in [-0.4, -0.2) is 23.9 Å². The second-order valence-corrected chi connectivity index (χ2v) is 9.27. The lowest BCUT2D eigenvalue weighted by Crippen LogP contribution is -2.57. The molecule has 4 rings (SSSR count). The van der Waals surface area contributed by atoms with Gasteiger partial charge in [0.05, 0.1) is 12.2 Å².